The molecule has 3 heteroatoms. The van der Waals surface area contributed by atoms with Crippen molar-refractivity contribution in [1.82, 2.24) is 0 Å². The van der Waals surface area contributed by atoms with E-state index in [1.807, 2.05) is 19.9 Å². The second kappa shape index (κ2) is 5.48. The highest BCUT2D eigenvalue weighted by molar-refractivity contribution is 6.02. The third kappa shape index (κ3) is 2.88. The predicted molar refractivity (Wildman–Crippen MR) is 92.6 cm³/mol. The zero-order valence-electron chi connectivity index (χ0n) is 14.3. The van der Waals surface area contributed by atoms with Gasteiger partial charge in [0.2, 0.25) is 5.90 Å². The highest BCUT2D eigenvalue weighted by atomic mass is 19.1. The van der Waals surface area contributed by atoms with E-state index in [-0.39, 0.29) is 11.4 Å². The Kier molecular flexibility index (Phi) is 3.75. The highest BCUT2D eigenvalue weighted by Crippen LogP contribution is 2.34. The number of benzene rings is 2. The number of hydrogen-bond donors (Lipinski definition) is 0. The number of nitrogens with zero attached hydrogens (tertiary/aromatic N) is 1. The van der Waals surface area contributed by atoms with Crippen LogP contribution in [0.2, 0.25) is 0 Å². The molecule has 0 saturated carbocycles. The highest BCUT2D eigenvalue weighted by Gasteiger charge is 2.30. The Hall–Kier alpha value is -2.16. The van der Waals surface area contributed by atoms with Crippen LogP contribution in [0.25, 0.3) is 11.1 Å². The Morgan fingerprint density at radius 1 is 1.04 bits per heavy atom. The van der Waals surface area contributed by atoms with Crippen LogP contribution in [-0.4, -0.2) is 18.0 Å². The van der Waals surface area contributed by atoms with Crippen LogP contribution in [0.3, 0.4) is 0 Å². The van der Waals surface area contributed by atoms with E-state index in [1.54, 1.807) is 6.07 Å². The summed E-state index contributed by atoms with van der Waals surface area (Å²) in [7, 11) is 0. The molecular weight excluding hydrogens is 289 g/mol. The molecule has 0 N–H and O–H groups in total. The average Bonchev–Trinajstić information content (AvgIpc) is 2.77. The fourth-order valence-corrected chi connectivity index (χ4v) is 3.27. The fraction of sp³-hybridized carbons (Fsp3) is 0.350. The van der Waals surface area contributed by atoms with Crippen molar-refractivity contribution in [2.75, 3.05) is 6.61 Å². The number of rotatable bonds is 2. The molecule has 23 heavy (non-hydrogen) atoms. The second-order valence-electron chi connectivity index (χ2n) is 6.95. The fourth-order valence-electron chi connectivity index (χ4n) is 3.27. The molecule has 2 nitrogen and oxygen atoms in total. The molecule has 120 valence electrons. The number of aryl methyl sites for hydroxylation is 3. The van der Waals surface area contributed by atoms with E-state index in [1.165, 1.54) is 11.6 Å². The maximum atomic E-state index is 14.6. The summed E-state index contributed by atoms with van der Waals surface area (Å²) in [5.41, 5.74) is 5.52. The van der Waals surface area contributed by atoms with Gasteiger partial charge in [-0.1, -0.05) is 29.8 Å². The summed E-state index contributed by atoms with van der Waals surface area (Å²) < 4.78 is 20.3. The first-order chi connectivity index (χ1) is 10.8. The average molecular weight is 311 g/mol. The van der Waals surface area contributed by atoms with Crippen molar-refractivity contribution in [3.63, 3.8) is 0 Å². The Balaban J connectivity index is 2.25. The van der Waals surface area contributed by atoms with E-state index >= 15 is 0 Å². The molecule has 0 spiro atoms. The van der Waals surface area contributed by atoms with Crippen molar-refractivity contribution in [2.24, 2.45) is 4.99 Å². The molecule has 0 atom stereocenters. The minimum Gasteiger partial charge on any atom is -0.475 e. The summed E-state index contributed by atoms with van der Waals surface area (Å²) in [6.07, 6.45) is 0. The minimum absolute atomic E-state index is 0.293. The number of hydrogen-bond acceptors (Lipinski definition) is 2. The van der Waals surface area contributed by atoms with Gasteiger partial charge in [-0.3, -0.25) is 0 Å². The van der Waals surface area contributed by atoms with E-state index in [0.717, 1.165) is 22.3 Å². The summed E-state index contributed by atoms with van der Waals surface area (Å²) >= 11 is 0. The van der Waals surface area contributed by atoms with Crippen LogP contribution in [0, 0.1) is 26.6 Å². The quantitative estimate of drug-likeness (QED) is 0.767. The van der Waals surface area contributed by atoms with Gasteiger partial charge in [-0.15, -0.1) is 0 Å². The third-order valence-electron chi connectivity index (χ3n) is 4.14. The molecule has 0 radical (unpaired) electrons. The number of aliphatic imine (C=N–C) groups is 1. The van der Waals surface area contributed by atoms with Gasteiger partial charge in [-0.2, -0.15) is 0 Å². The van der Waals surface area contributed by atoms with Crippen molar-refractivity contribution in [2.45, 2.75) is 40.2 Å². The van der Waals surface area contributed by atoms with E-state index in [2.05, 4.69) is 37.9 Å². The van der Waals surface area contributed by atoms with Crippen LogP contribution >= 0.6 is 0 Å². The molecule has 0 saturated heterocycles. The summed E-state index contributed by atoms with van der Waals surface area (Å²) in [6.45, 7) is 10.6. The molecule has 1 heterocycles. The first-order valence-corrected chi connectivity index (χ1v) is 7.88. The zero-order chi connectivity index (χ0) is 16.8. The first kappa shape index (κ1) is 15.7. The maximum absolute atomic E-state index is 14.6. The summed E-state index contributed by atoms with van der Waals surface area (Å²) in [5.74, 6) is 0.112. The third-order valence-corrected chi connectivity index (χ3v) is 4.14. The lowest BCUT2D eigenvalue weighted by molar-refractivity contribution is 0.279. The lowest BCUT2D eigenvalue weighted by Crippen LogP contribution is -2.17. The molecule has 3 rings (SSSR count). The van der Waals surface area contributed by atoms with Gasteiger partial charge >= 0.3 is 0 Å². The maximum Gasteiger partial charge on any atom is 0.220 e. The number of halogens is 1. The molecule has 2 aromatic carbocycles. The molecule has 1 aliphatic heterocycles. The Morgan fingerprint density at radius 2 is 1.70 bits per heavy atom. The molecule has 0 amide bonds. The molecule has 0 unspecified atom stereocenters. The van der Waals surface area contributed by atoms with Crippen LogP contribution in [0.15, 0.2) is 35.3 Å². The second-order valence-corrected chi connectivity index (χ2v) is 6.95. The number of ether oxygens (including phenoxy) is 1. The minimum atomic E-state index is -0.313. The van der Waals surface area contributed by atoms with Crippen molar-refractivity contribution in [3.05, 3.63) is 58.4 Å². The largest absolute Gasteiger partial charge is 0.475 e. The Labute approximate surface area is 137 Å². The Morgan fingerprint density at radius 3 is 2.26 bits per heavy atom. The van der Waals surface area contributed by atoms with Crippen molar-refractivity contribution in [3.8, 4) is 11.1 Å². The lowest BCUT2D eigenvalue weighted by atomic mass is 9.90. The summed E-state index contributed by atoms with van der Waals surface area (Å²) in [4.78, 5) is 4.57. The molecule has 0 bridgehead atoms. The van der Waals surface area contributed by atoms with Crippen LogP contribution in [0.5, 0.6) is 0 Å². The van der Waals surface area contributed by atoms with Gasteiger partial charge in [0.05, 0.1) is 11.1 Å². The van der Waals surface area contributed by atoms with Crippen LogP contribution in [0.4, 0.5) is 4.39 Å². The van der Waals surface area contributed by atoms with E-state index in [4.69, 9.17) is 4.74 Å². The van der Waals surface area contributed by atoms with E-state index in [0.29, 0.717) is 18.1 Å². The molecule has 0 fully saturated rings. The lowest BCUT2D eigenvalue weighted by Gasteiger charge is -2.16. The van der Waals surface area contributed by atoms with Crippen LogP contribution in [0.1, 0.15) is 36.1 Å². The van der Waals surface area contributed by atoms with Crippen molar-refractivity contribution < 1.29 is 9.13 Å². The molecular formula is C20H22FNO. The van der Waals surface area contributed by atoms with E-state index in [9.17, 15) is 4.39 Å². The van der Waals surface area contributed by atoms with Crippen LogP contribution < -0.4 is 0 Å². The van der Waals surface area contributed by atoms with Gasteiger partial charge in [-0.25, -0.2) is 9.38 Å². The van der Waals surface area contributed by atoms with Gasteiger partial charge in [0.1, 0.15) is 12.4 Å². The van der Waals surface area contributed by atoms with Crippen molar-refractivity contribution in [1.29, 1.82) is 0 Å². The van der Waals surface area contributed by atoms with E-state index < -0.39 is 0 Å². The van der Waals surface area contributed by atoms with Gasteiger partial charge in [0.25, 0.3) is 0 Å². The molecule has 0 aromatic heterocycles. The predicted octanol–water partition coefficient (Wildman–Crippen LogP) is 4.97. The standard InChI is InChI=1S/C20H22FNO/c1-12-9-13(2)17(14(3)10-12)15-7-6-8-16(21)18(15)19-22-20(4,5)11-23-19/h6-10H,11H2,1-5H3. The normalized spacial score (nSPS) is 16.2. The van der Waals surface area contributed by atoms with Gasteiger partial charge in [0.15, 0.2) is 0 Å². The topological polar surface area (TPSA) is 21.6 Å². The smallest absolute Gasteiger partial charge is 0.220 e. The summed E-state index contributed by atoms with van der Waals surface area (Å²) in [5, 5.41) is 0. The van der Waals surface area contributed by atoms with Gasteiger partial charge in [0, 0.05) is 0 Å². The van der Waals surface area contributed by atoms with Gasteiger partial charge < -0.3 is 4.74 Å². The first-order valence-electron chi connectivity index (χ1n) is 7.88. The summed E-state index contributed by atoms with van der Waals surface area (Å²) in [6, 6.07) is 9.40. The monoisotopic (exact) mass is 311 g/mol. The molecule has 2 aromatic rings. The van der Waals surface area contributed by atoms with Crippen LogP contribution in [-0.2, 0) is 4.74 Å². The van der Waals surface area contributed by atoms with Gasteiger partial charge in [-0.05, 0) is 62.9 Å². The zero-order valence-corrected chi connectivity index (χ0v) is 14.3. The van der Waals surface area contributed by atoms with Crippen molar-refractivity contribution >= 4 is 5.90 Å². The Bertz CT molecular complexity index is 782. The molecule has 1 aliphatic rings. The SMILES string of the molecule is Cc1cc(C)c(-c2cccc(F)c2C2=NC(C)(C)CO2)c(C)c1. The molecule has 0 aliphatic carbocycles.